The van der Waals surface area contributed by atoms with Crippen LogP contribution in [0.15, 0.2) is 88.9 Å². The van der Waals surface area contributed by atoms with Gasteiger partial charge in [-0.15, -0.1) is 0 Å². The quantitative estimate of drug-likeness (QED) is 0.329. The van der Waals surface area contributed by atoms with Crippen LogP contribution in [0, 0.1) is 0 Å². The first-order valence-corrected chi connectivity index (χ1v) is 13.4. The fourth-order valence-electron chi connectivity index (χ4n) is 4.25. The molecular formula is C27H26N6O4S. The molecule has 5 aromatic rings. The fraction of sp³-hybridized carbons (Fsp3) is 0.185. The van der Waals surface area contributed by atoms with E-state index in [4.69, 9.17) is 0 Å². The lowest BCUT2D eigenvalue weighted by Crippen LogP contribution is -2.28. The summed E-state index contributed by atoms with van der Waals surface area (Å²) in [5.74, 6) is -0.347. The number of nitrogens with one attached hydrogen (secondary N) is 1. The number of rotatable bonds is 8. The topological polar surface area (TPSA) is 119 Å². The van der Waals surface area contributed by atoms with Crippen LogP contribution in [-0.2, 0) is 23.1 Å². The zero-order valence-electron chi connectivity index (χ0n) is 20.9. The number of nitrogens with zero attached hydrogens (tertiary/aromatic N) is 5. The van der Waals surface area contributed by atoms with Crippen molar-refractivity contribution >= 4 is 37.7 Å². The van der Waals surface area contributed by atoms with Gasteiger partial charge < -0.3 is 5.32 Å². The van der Waals surface area contributed by atoms with E-state index in [2.05, 4.69) is 15.4 Å². The molecule has 0 aliphatic rings. The number of aromatic nitrogens is 4. The summed E-state index contributed by atoms with van der Waals surface area (Å²) in [7, 11) is -0.668. The Bertz CT molecular complexity index is 1800. The van der Waals surface area contributed by atoms with Crippen LogP contribution < -0.4 is 10.9 Å². The van der Waals surface area contributed by atoms with Gasteiger partial charge in [-0.3, -0.25) is 14.2 Å². The summed E-state index contributed by atoms with van der Waals surface area (Å²) < 4.78 is 28.7. The zero-order valence-corrected chi connectivity index (χ0v) is 21.7. The zero-order chi connectivity index (χ0) is 26.9. The lowest BCUT2D eigenvalue weighted by molar-refractivity contribution is 0.0952. The maximum absolute atomic E-state index is 13.1. The van der Waals surface area contributed by atoms with Crippen LogP contribution in [0.25, 0.3) is 21.8 Å². The third-order valence-corrected chi connectivity index (χ3v) is 8.18. The van der Waals surface area contributed by atoms with Gasteiger partial charge in [-0.25, -0.2) is 22.4 Å². The van der Waals surface area contributed by atoms with Gasteiger partial charge in [0.1, 0.15) is 11.7 Å². The number of carbonyl (C=O) groups excluding carboxylic acids is 1. The minimum atomic E-state index is -3.57. The lowest BCUT2D eigenvalue weighted by Gasteiger charge is -2.12. The van der Waals surface area contributed by atoms with Gasteiger partial charge in [0.15, 0.2) is 5.65 Å². The van der Waals surface area contributed by atoms with Crippen molar-refractivity contribution in [3.05, 3.63) is 101 Å². The monoisotopic (exact) mass is 530 g/mol. The van der Waals surface area contributed by atoms with Crippen molar-refractivity contribution < 1.29 is 13.2 Å². The average molecular weight is 531 g/mol. The Balaban J connectivity index is 1.27. The first-order chi connectivity index (χ1) is 18.3. The molecule has 3 aromatic carbocycles. The molecule has 0 bridgehead atoms. The molecular weight excluding hydrogens is 504 g/mol. The smallest absolute Gasteiger partial charge is 0.264 e. The number of fused-ring (bicyclic) bond motifs is 2. The van der Waals surface area contributed by atoms with Gasteiger partial charge in [-0.05, 0) is 40.6 Å². The van der Waals surface area contributed by atoms with E-state index in [0.717, 1.165) is 20.6 Å². The maximum Gasteiger partial charge on any atom is 0.264 e. The molecule has 0 unspecified atom stereocenters. The second-order valence-corrected chi connectivity index (χ2v) is 11.1. The summed E-state index contributed by atoms with van der Waals surface area (Å²) in [6.45, 7) is 0.940. The Labute approximate surface area is 219 Å². The molecule has 2 heterocycles. The predicted octanol–water partition coefficient (Wildman–Crippen LogP) is 2.47. The van der Waals surface area contributed by atoms with Crippen LogP contribution in [0.2, 0.25) is 0 Å². The molecule has 1 N–H and O–H groups in total. The van der Waals surface area contributed by atoms with Crippen LogP contribution >= 0.6 is 0 Å². The Morgan fingerprint density at radius 3 is 2.47 bits per heavy atom. The Morgan fingerprint density at radius 1 is 0.974 bits per heavy atom. The Hall–Kier alpha value is -4.35. The highest BCUT2D eigenvalue weighted by Crippen LogP contribution is 2.19. The molecule has 2 aromatic heterocycles. The van der Waals surface area contributed by atoms with Crippen molar-refractivity contribution in [2.45, 2.75) is 18.0 Å². The summed E-state index contributed by atoms with van der Waals surface area (Å²) in [6.07, 6.45) is 3.02. The van der Waals surface area contributed by atoms with E-state index in [1.54, 1.807) is 9.25 Å². The van der Waals surface area contributed by atoms with E-state index in [9.17, 15) is 18.0 Å². The number of carbonyl (C=O) groups is 1. The largest absolute Gasteiger partial charge is 0.350 e. The van der Waals surface area contributed by atoms with Gasteiger partial charge in [0, 0.05) is 26.2 Å². The first kappa shape index (κ1) is 25.3. The summed E-state index contributed by atoms with van der Waals surface area (Å²) >= 11 is 0. The minimum absolute atomic E-state index is 0.110. The molecule has 0 aliphatic carbocycles. The molecule has 0 saturated carbocycles. The number of amides is 1. The summed E-state index contributed by atoms with van der Waals surface area (Å²) in [5, 5.41) is 9.68. The van der Waals surface area contributed by atoms with Crippen molar-refractivity contribution in [1.29, 1.82) is 0 Å². The molecule has 0 fully saturated rings. The maximum atomic E-state index is 13.1. The second-order valence-electron chi connectivity index (χ2n) is 8.99. The number of sulfonamides is 1. The highest BCUT2D eigenvalue weighted by Gasteiger charge is 2.17. The molecule has 194 valence electrons. The minimum Gasteiger partial charge on any atom is -0.350 e. The molecule has 0 saturated heterocycles. The van der Waals surface area contributed by atoms with Crippen molar-refractivity contribution in [3.8, 4) is 0 Å². The van der Waals surface area contributed by atoms with Crippen LogP contribution in [0.4, 0.5) is 0 Å². The van der Waals surface area contributed by atoms with E-state index >= 15 is 0 Å². The molecule has 5 rings (SSSR count). The van der Waals surface area contributed by atoms with E-state index in [-0.39, 0.29) is 22.9 Å². The van der Waals surface area contributed by atoms with Crippen LogP contribution in [0.3, 0.4) is 0 Å². The van der Waals surface area contributed by atoms with Crippen molar-refractivity contribution in [3.63, 3.8) is 0 Å². The Kier molecular flexibility index (Phi) is 6.79. The summed E-state index contributed by atoms with van der Waals surface area (Å²) in [5.41, 5.74) is 1.61. The van der Waals surface area contributed by atoms with Gasteiger partial charge in [-0.2, -0.15) is 5.10 Å². The van der Waals surface area contributed by atoms with E-state index in [1.807, 2.05) is 42.5 Å². The SMILES string of the molecule is CN(C)S(=O)(=O)c1ccc(C(=O)NCCn2ncc3c(=O)n(Cc4cccc5ccccc45)cnc32)cc1. The van der Waals surface area contributed by atoms with Crippen molar-refractivity contribution in [2.24, 2.45) is 0 Å². The number of hydrogen-bond donors (Lipinski definition) is 1. The molecule has 10 nitrogen and oxygen atoms in total. The second kappa shape index (κ2) is 10.2. The molecule has 11 heteroatoms. The third-order valence-electron chi connectivity index (χ3n) is 6.35. The molecule has 0 aliphatic heterocycles. The van der Waals surface area contributed by atoms with Crippen molar-refractivity contribution in [1.82, 2.24) is 29.0 Å². The summed E-state index contributed by atoms with van der Waals surface area (Å²) in [4.78, 5) is 30.3. The molecule has 0 spiro atoms. The van der Waals surface area contributed by atoms with E-state index in [0.29, 0.717) is 29.7 Å². The van der Waals surface area contributed by atoms with Gasteiger partial charge in [0.2, 0.25) is 10.0 Å². The molecule has 38 heavy (non-hydrogen) atoms. The van der Waals surface area contributed by atoms with Gasteiger partial charge in [-0.1, -0.05) is 42.5 Å². The van der Waals surface area contributed by atoms with E-state index < -0.39 is 10.0 Å². The number of hydrogen-bond acceptors (Lipinski definition) is 6. The molecule has 1 amide bonds. The molecule has 0 radical (unpaired) electrons. The standard InChI is InChI=1S/C27H26N6O4S/c1-31(2)38(36,37)22-12-10-20(11-13-22)26(34)28-14-15-33-25-24(16-30-33)27(35)32(18-29-25)17-21-8-5-7-19-6-3-4-9-23(19)21/h3-13,16,18H,14-15,17H2,1-2H3,(H,28,34). The lowest BCUT2D eigenvalue weighted by atomic mass is 10.0. The molecule has 0 atom stereocenters. The Morgan fingerprint density at radius 2 is 1.71 bits per heavy atom. The predicted molar refractivity (Wildman–Crippen MR) is 144 cm³/mol. The van der Waals surface area contributed by atoms with Crippen LogP contribution in [0.5, 0.6) is 0 Å². The third kappa shape index (κ3) is 4.81. The van der Waals surface area contributed by atoms with Gasteiger partial charge in [0.05, 0.1) is 24.2 Å². The van der Waals surface area contributed by atoms with Crippen LogP contribution in [0.1, 0.15) is 15.9 Å². The highest BCUT2D eigenvalue weighted by atomic mass is 32.2. The van der Waals surface area contributed by atoms with Crippen LogP contribution in [-0.4, -0.2) is 58.6 Å². The van der Waals surface area contributed by atoms with Gasteiger partial charge >= 0.3 is 0 Å². The van der Waals surface area contributed by atoms with Gasteiger partial charge in [0.25, 0.3) is 11.5 Å². The number of benzene rings is 3. The normalized spacial score (nSPS) is 11.9. The fourth-order valence-corrected chi connectivity index (χ4v) is 5.16. The average Bonchev–Trinajstić information content (AvgIpc) is 3.34. The van der Waals surface area contributed by atoms with Crippen molar-refractivity contribution in [2.75, 3.05) is 20.6 Å². The van der Waals surface area contributed by atoms with E-state index in [1.165, 1.54) is 50.9 Å². The first-order valence-electron chi connectivity index (χ1n) is 11.9. The highest BCUT2D eigenvalue weighted by molar-refractivity contribution is 7.89. The summed E-state index contributed by atoms with van der Waals surface area (Å²) in [6, 6.07) is 19.8.